The second-order valence-corrected chi connectivity index (χ2v) is 6.17. The van der Waals surface area contributed by atoms with Crippen LogP contribution in [0.2, 0.25) is 0 Å². The average Bonchev–Trinajstić information content (AvgIpc) is 2.97. The molecule has 0 unspecified atom stereocenters. The molecule has 0 bridgehead atoms. The Balaban J connectivity index is 1.77. The summed E-state index contributed by atoms with van der Waals surface area (Å²) in [6.45, 7) is 9.18. The molecule has 0 radical (unpaired) electrons. The quantitative estimate of drug-likeness (QED) is 0.409. The summed E-state index contributed by atoms with van der Waals surface area (Å²) in [6, 6.07) is 6.03. The van der Waals surface area contributed by atoms with E-state index in [0.717, 1.165) is 43.1 Å². The van der Waals surface area contributed by atoms with Crippen molar-refractivity contribution in [1.82, 2.24) is 25.4 Å². The molecule has 0 aliphatic rings. The molecule has 142 valence electrons. The molecular formula is C19H30N6O. The minimum absolute atomic E-state index is 0.615. The normalized spacial score (nSPS) is 11.5. The van der Waals surface area contributed by atoms with Gasteiger partial charge in [-0.3, -0.25) is 9.67 Å². The molecule has 2 aromatic rings. The van der Waals surface area contributed by atoms with Crippen LogP contribution in [0.5, 0.6) is 5.88 Å². The lowest BCUT2D eigenvalue weighted by Crippen LogP contribution is -2.37. The van der Waals surface area contributed by atoms with Gasteiger partial charge in [-0.15, -0.1) is 0 Å². The summed E-state index contributed by atoms with van der Waals surface area (Å²) >= 11 is 0. The molecule has 7 heteroatoms. The second kappa shape index (κ2) is 10.4. The van der Waals surface area contributed by atoms with Gasteiger partial charge in [0.05, 0.1) is 12.3 Å². The number of hydrogen-bond acceptors (Lipinski definition) is 4. The Bertz CT molecular complexity index is 710. The lowest BCUT2D eigenvalue weighted by atomic mass is 10.2. The minimum atomic E-state index is 0.615. The zero-order valence-corrected chi connectivity index (χ0v) is 16.2. The first-order valence-corrected chi connectivity index (χ1v) is 9.16. The van der Waals surface area contributed by atoms with Crippen LogP contribution in [0.1, 0.15) is 36.7 Å². The monoisotopic (exact) mass is 358 g/mol. The number of nitrogens with one attached hydrogen (secondary N) is 2. The van der Waals surface area contributed by atoms with Crippen molar-refractivity contribution in [2.24, 2.45) is 4.99 Å². The van der Waals surface area contributed by atoms with Crippen molar-refractivity contribution in [1.29, 1.82) is 0 Å². The Morgan fingerprint density at radius 3 is 2.85 bits per heavy atom. The molecule has 2 heterocycles. The Morgan fingerprint density at radius 2 is 2.15 bits per heavy atom. The Kier molecular flexibility index (Phi) is 7.92. The van der Waals surface area contributed by atoms with Gasteiger partial charge in [0.1, 0.15) is 0 Å². The largest absolute Gasteiger partial charge is 0.477 e. The fourth-order valence-corrected chi connectivity index (χ4v) is 2.62. The summed E-state index contributed by atoms with van der Waals surface area (Å²) in [5.41, 5.74) is 3.28. The molecule has 7 nitrogen and oxygen atoms in total. The van der Waals surface area contributed by atoms with Crippen LogP contribution in [-0.2, 0) is 13.1 Å². The molecule has 26 heavy (non-hydrogen) atoms. The summed E-state index contributed by atoms with van der Waals surface area (Å²) in [5, 5.41) is 11.1. The lowest BCUT2D eigenvalue weighted by Gasteiger charge is -2.14. The standard InChI is InChI=1S/C19H30N6O/c1-5-12-26-18-17(8-6-9-21-18)14-23-19(20-4)22-10-7-11-25-16(3)13-15(2)24-25/h6,8-9,13H,5,7,10-12,14H2,1-4H3,(H2,20,22,23). The van der Waals surface area contributed by atoms with Crippen LogP contribution in [0.3, 0.4) is 0 Å². The molecular weight excluding hydrogens is 328 g/mol. The number of hydrogen-bond donors (Lipinski definition) is 2. The van der Waals surface area contributed by atoms with Crippen molar-refractivity contribution in [3.63, 3.8) is 0 Å². The van der Waals surface area contributed by atoms with Crippen molar-refractivity contribution in [3.8, 4) is 5.88 Å². The number of aryl methyl sites for hydroxylation is 3. The van der Waals surface area contributed by atoms with E-state index in [9.17, 15) is 0 Å². The molecule has 0 atom stereocenters. The van der Waals surface area contributed by atoms with E-state index in [-0.39, 0.29) is 0 Å². The van der Waals surface area contributed by atoms with Crippen LogP contribution < -0.4 is 15.4 Å². The first-order valence-electron chi connectivity index (χ1n) is 9.16. The molecule has 0 aromatic carbocycles. The fraction of sp³-hybridized carbons (Fsp3) is 0.526. The highest BCUT2D eigenvalue weighted by Gasteiger charge is 2.06. The van der Waals surface area contributed by atoms with Crippen LogP contribution in [0.4, 0.5) is 0 Å². The summed E-state index contributed by atoms with van der Waals surface area (Å²) in [7, 11) is 1.77. The molecule has 0 saturated carbocycles. The van der Waals surface area contributed by atoms with Crippen LogP contribution in [0.15, 0.2) is 29.4 Å². The maximum absolute atomic E-state index is 5.69. The topological polar surface area (TPSA) is 76.4 Å². The first kappa shape index (κ1) is 19.8. The number of ether oxygens (including phenoxy) is 1. The van der Waals surface area contributed by atoms with Gasteiger partial charge < -0.3 is 15.4 Å². The summed E-state index contributed by atoms with van der Waals surface area (Å²) in [5.74, 6) is 1.45. The molecule has 0 saturated heterocycles. The molecule has 2 rings (SSSR count). The van der Waals surface area contributed by atoms with E-state index in [1.807, 2.05) is 23.7 Å². The number of nitrogens with zero attached hydrogens (tertiary/aromatic N) is 4. The van der Waals surface area contributed by atoms with Gasteiger partial charge in [-0.2, -0.15) is 5.10 Å². The SMILES string of the molecule is CCCOc1ncccc1CNC(=NC)NCCCn1nc(C)cc1C. The van der Waals surface area contributed by atoms with E-state index in [2.05, 4.69) is 45.6 Å². The minimum Gasteiger partial charge on any atom is -0.477 e. The molecule has 0 fully saturated rings. The second-order valence-electron chi connectivity index (χ2n) is 6.17. The van der Waals surface area contributed by atoms with Gasteiger partial charge in [0.2, 0.25) is 5.88 Å². The molecule has 0 amide bonds. The van der Waals surface area contributed by atoms with Gasteiger partial charge in [-0.1, -0.05) is 13.0 Å². The summed E-state index contributed by atoms with van der Waals surface area (Å²) in [6.07, 6.45) is 3.68. The first-order chi connectivity index (χ1) is 12.6. The third-order valence-electron chi connectivity index (χ3n) is 3.91. The number of pyridine rings is 1. The van der Waals surface area contributed by atoms with Crippen molar-refractivity contribution < 1.29 is 4.74 Å². The van der Waals surface area contributed by atoms with Crippen LogP contribution in [0, 0.1) is 13.8 Å². The van der Waals surface area contributed by atoms with Gasteiger partial charge in [0, 0.05) is 44.1 Å². The Labute approximate surface area is 155 Å². The van der Waals surface area contributed by atoms with Crippen LogP contribution in [-0.4, -0.2) is 40.9 Å². The van der Waals surface area contributed by atoms with Gasteiger partial charge >= 0.3 is 0 Å². The third kappa shape index (κ3) is 6.06. The highest BCUT2D eigenvalue weighted by Crippen LogP contribution is 2.14. The van der Waals surface area contributed by atoms with Gasteiger partial charge in [-0.25, -0.2) is 4.98 Å². The Hall–Kier alpha value is -2.57. The predicted octanol–water partition coefficient (Wildman–Crippen LogP) is 2.44. The number of rotatable bonds is 9. The molecule has 0 aliphatic carbocycles. The van der Waals surface area contributed by atoms with Gasteiger partial charge in [0.15, 0.2) is 5.96 Å². The molecule has 2 aromatic heterocycles. The van der Waals surface area contributed by atoms with Crippen molar-refractivity contribution in [2.75, 3.05) is 20.2 Å². The summed E-state index contributed by atoms with van der Waals surface area (Å²) in [4.78, 5) is 8.58. The molecule has 0 aliphatic heterocycles. The number of guanidine groups is 1. The summed E-state index contributed by atoms with van der Waals surface area (Å²) < 4.78 is 7.73. The van der Waals surface area contributed by atoms with Crippen molar-refractivity contribution in [3.05, 3.63) is 41.3 Å². The van der Waals surface area contributed by atoms with Gasteiger partial charge in [0.25, 0.3) is 0 Å². The number of aliphatic imine (C=N–C) groups is 1. The number of aromatic nitrogens is 3. The molecule has 0 spiro atoms. The van der Waals surface area contributed by atoms with E-state index in [4.69, 9.17) is 4.74 Å². The molecule has 2 N–H and O–H groups in total. The van der Waals surface area contributed by atoms with Crippen molar-refractivity contribution in [2.45, 2.75) is 46.7 Å². The lowest BCUT2D eigenvalue weighted by molar-refractivity contribution is 0.301. The van der Waals surface area contributed by atoms with E-state index in [1.54, 1.807) is 13.2 Å². The van der Waals surface area contributed by atoms with Crippen molar-refractivity contribution >= 4 is 5.96 Å². The third-order valence-corrected chi connectivity index (χ3v) is 3.91. The average molecular weight is 358 g/mol. The highest BCUT2D eigenvalue weighted by atomic mass is 16.5. The Morgan fingerprint density at radius 1 is 1.31 bits per heavy atom. The highest BCUT2D eigenvalue weighted by molar-refractivity contribution is 5.79. The van der Waals surface area contributed by atoms with E-state index < -0.39 is 0 Å². The van der Waals surface area contributed by atoms with Crippen LogP contribution in [0.25, 0.3) is 0 Å². The van der Waals surface area contributed by atoms with E-state index in [1.165, 1.54) is 5.69 Å². The van der Waals surface area contributed by atoms with Gasteiger partial charge in [-0.05, 0) is 38.8 Å². The maximum atomic E-state index is 5.69. The fourth-order valence-electron chi connectivity index (χ4n) is 2.62. The zero-order valence-electron chi connectivity index (χ0n) is 16.2. The maximum Gasteiger partial charge on any atom is 0.218 e. The zero-order chi connectivity index (χ0) is 18.8. The van der Waals surface area contributed by atoms with E-state index in [0.29, 0.717) is 19.0 Å². The van der Waals surface area contributed by atoms with Crippen LogP contribution >= 0.6 is 0 Å². The van der Waals surface area contributed by atoms with E-state index >= 15 is 0 Å². The predicted molar refractivity (Wildman–Crippen MR) is 105 cm³/mol. The smallest absolute Gasteiger partial charge is 0.218 e.